The predicted octanol–water partition coefficient (Wildman–Crippen LogP) is 3.62. The molecule has 0 radical (unpaired) electrons. The van der Waals surface area contributed by atoms with E-state index in [1.54, 1.807) is 7.11 Å². The smallest absolute Gasteiger partial charge is 0.205 e. The number of aryl methyl sites for hydroxylation is 1. The summed E-state index contributed by atoms with van der Waals surface area (Å²) in [5, 5.41) is 3.26. The van der Waals surface area contributed by atoms with Gasteiger partial charge in [-0.05, 0) is 36.8 Å². The fourth-order valence-electron chi connectivity index (χ4n) is 2.03. The van der Waals surface area contributed by atoms with Crippen LogP contribution in [0.3, 0.4) is 0 Å². The summed E-state index contributed by atoms with van der Waals surface area (Å²) < 4.78 is 5.20. The Hall–Kier alpha value is -2.49. The number of nitrogens with zero attached hydrogens (tertiary/aromatic N) is 1. The van der Waals surface area contributed by atoms with Crippen LogP contribution in [0.2, 0.25) is 0 Å². The first-order chi connectivity index (χ1) is 9.24. The molecule has 0 saturated carbocycles. The van der Waals surface area contributed by atoms with Gasteiger partial charge in [0.1, 0.15) is 5.75 Å². The molecule has 0 aliphatic rings. The highest BCUT2D eigenvalue weighted by Crippen LogP contribution is 2.22. The molecule has 0 amide bonds. The fourth-order valence-corrected chi connectivity index (χ4v) is 2.03. The van der Waals surface area contributed by atoms with Gasteiger partial charge in [-0.25, -0.2) is 4.98 Å². The van der Waals surface area contributed by atoms with Gasteiger partial charge in [0.25, 0.3) is 0 Å². The van der Waals surface area contributed by atoms with Crippen molar-refractivity contribution < 1.29 is 4.74 Å². The molecular weight excluding hydrogens is 238 g/mol. The Morgan fingerprint density at radius 3 is 2.84 bits per heavy atom. The van der Waals surface area contributed by atoms with E-state index in [0.717, 1.165) is 28.4 Å². The predicted molar refractivity (Wildman–Crippen MR) is 77.1 cm³/mol. The Labute approximate surface area is 111 Å². The second kappa shape index (κ2) is 4.65. The van der Waals surface area contributed by atoms with E-state index in [9.17, 15) is 0 Å². The number of imidazole rings is 1. The van der Waals surface area contributed by atoms with Crippen LogP contribution in [0.15, 0.2) is 42.5 Å². The minimum absolute atomic E-state index is 0.730. The lowest BCUT2D eigenvalue weighted by Gasteiger charge is -2.02. The number of nitrogens with one attached hydrogen (secondary N) is 2. The Bertz CT molecular complexity index is 718. The zero-order chi connectivity index (χ0) is 13.2. The fraction of sp³-hybridized carbons (Fsp3) is 0.133. The maximum atomic E-state index is 5.20. The summed E-state index contributed by atoms with van der Waals surface area (Å²) in [4.78, 5) is 7.73. The summed E-state index contributed by atoms with van der Waals surface area (Å²) in [5.74, 6) is 1.55. The lowest BCUT2D eigenvalue weighted by molar-refractivity contribution is 0.415. The molecule has 0 spiro atoms. The molecule has 1 heterocycles. The molecule has 0 aliphatic carbocycles. The standard InChI is InChI=1S/C15H15N3O/c1-10-4-3-5-11(8-10)16-15-17-13-7-6-12(19-2)9-14(13)18-15/h3-9H,1-2H3,(H2,16,17,18). The molecule has 0 fully saturated rings. The Balaban J connectivity index is 1.93. The van der Waals surface area contributed by atoms with Crippen LogP contribution in [-0.4, -0.2) is 17.1 Å². The van der Waals surface area contributed by atoms with Crippen molar-refractivity contribution in [1.29, 1.82) is 0 Å². The summed E-state index contributed by atoms with van der Waals surface area (Å²) in [6.45, 7) is 2.06. The number of anilines is 2. The van der Waals surface area contributed by atoms with E-state index in [-0.39, 0.29) is 0 Å². The zero-order valence-electron chi connectivity index (χ0n) is 10.9. The second-order valence-electron chi connectivity index (χ2n) is 4.46. The van der Waals surface area contributed by atoms with Crippen molar-refractivity contribution in [1.82, 2.24) is 9.97 Å². The van der Waals surface area contributed by atoms with Crippen molar-refractivity contribution in [2.75, 3.05) is 12.4 Å². The van der Waals surface area contributed by atoms with Gasteiger partial charge < -0.3 is 15.0 Å². The van der Waals surface area contributed by atoms with Crippen molar-refractivity contribution in [2.24, 2.45) is 0 Å². The van der Waals surface area contributed by atoms with Gasteiger partial charge >= 0.3 is 0 Å². The molecule has 2 N–H and O–H groups in total. The third-order valence-electron chi connectivity index (χ3n) is 2.97. The normalized spacial score (nSPS) is 10.6. The van der Waals surface area contributed by atoms with E-state index in [1.165, 1.54) is 5.56 Å². The third kappa shape index (κ3) is 2.38. The van der Waals surface area contributed by atoms with Crippen LogP contribution in [-0.2, 0) is 0 Å². The number of H-pyrrole nitrogens is 1. The third-order valence-corrected chi connectivity index (χ3v) is 2.97. The van der Waals surface area contributed by atoms with E-state index in [1.807, 2.05) is 30.3 Å². The molecule has 3 aromatic rings. The van der Waals surface area contributed by atoms with E-state index >= 15 is 0 Å². The highest BCUT2D eigenvalue weighted by atomic mass is 16.5. The van der Waals surface area contributed by atoms with Crippen LogP contribution in [0, 0.1) is 6.92 Å². The molecule has 3 rings (SSSR count). The van der Waals surface area contributed by atoms with Crippen molar-refractivity contribution in [2.45, 2.75) is 6.92 Å². The van der Waals surface area contributed by atoms with Crippen molar-refractivity contribution >= 4 is 22.7 Å². The lowest BCUT2D eigenvalue weighted by atomic mass is 10.2. The number of hydrogen-bond acceptors (Lipinski definition) is 3. The van der Waals surface area contributed by atoms with Gasteiger partial charge in [-0.3, -0.25) is 0 Å². The molecule has 4 heteroatoms. The van der Waals surface area contributed by atoms with Gasteiger partial charge in [0.15, 0.2) is 0 Å². The quantitative estimate of drug-likeness (QED) is 0.749. The summed E-state index contributed by atoms with van der Waals surface area (Å²) in [5.41, 5.74) is 4.10. The molecule has 19 heavy (non-hydrogen) atoms. The lowest BCUT2D eigenvalue weighted by Crippen LogP contribution is -1.92. The highest BCUT2D eigenvalue weighted by molar-refractivity contribution is 5.79. The average Bonchev–Trinajstić information content (AvgIpc) is 2.79. The number of hydrogen-bond donors (Lipinski definition) is 2. The van der Waals surface area contributed by atoms with E-state index < -0.39 is 0 Å². The number of aromatic amines is 1. The number of aromatic nitrogens is 2. The molecule has 0 saturated heterocycles. The monoisotopic (exact) mass is 253 g/mol. The minimum atomic E-state index is 0.730. The van der Waals surface area contributed by atoms with Gasteiger partial charge in [0.2, 0.25) is 5.95 Å². The summed E-state index contributed by atoms with van der Waals surface area (Å²) in [6.07, 6.45) is 0. The van der Waals surface area contributed by atoms with Crippen molar-refractivity contribution in [3.8, 4) is 5.75 Å². The van der Waals surface area contributed by atoms with Crippen LogP contribution in [0.25, 0.3) is 11.0 Å². The van der Waals surface area contributed by atoms with E-state index in [0.29, 0.717) is 0 Å². The molecule has 1 aromatic heterocycles. The van der Waals surface area contributed by atoms with Crippen LogP contribution in [0.1, 0.15) is 5.56 Å². The largest absolute Gasteiger partial charge is 0.497 e. The first-order valence-electron chi connectivity index (χ1n) is 6.12. The molecule has 0 aliphatic heterocycles. The van der Waals surface area contributed by atoms with E-state index in [2.05, 4.69) is 34.3 Å². The summed E-state index contributed by atoms with van der Waals surface area (Å²) in [6, 6.07) is 13.9. The summed E-state index contributed by atoms with van der Waals surface area (Å²) in [7, 11) is 1.66. The van der Waals surface area contributed by atoms with Crippen LogP contribution >= 0.6 is 0 Å². The minimum Gasteiger partial charge on any atom is -0.497 e. The molecular formula is C15H15N3O. The first-order valence-corrected chi connectivity index (χ1v) is 6.12. The number of ether oxygens (including phenoxy) is 1. The van der Waals surface area contributed by atoms with Crippen LogP contribution < -0.4 is 10.1 Å². The van der Waals surface area contributed by atoms with Gasteiger partial charge in [-0.1, -0.05) is 12.1 Å². The topological polar surface area (TPSA) is 49.9 Å². The molecule has 96 valence electrons. The molecule has 0 atom stereocenters. The van der Waals surface area contributed by atoms with Gasteiger partial charge in [-0.15, -0.1) is 0 Å². The number of benzene rings is 2. The Kier molecular flexibility index (Phi) is 2.83. The Morgan fingerprint density at radius 1 is 1.16 bits per heavy atom. The van der Waals surface area contributed by atoms with E-state index in [4.69, 9.17) is 4.74 Å². The average molecular weight is 253 g/mol. The number of rotatable bonds is 3. The molecule has 4 nitrogen and oxygen atoms in total. The van der Waals surface area contributed by atoms with Gasteiger partial charge in [0.05, 0.1) is 18.1 Å². The van der Waals surface area contributed by atoms with Crippen LogP contribution in [0.5, 0.6) is 5.75 Å². The number of methoxy groups -OCH3 is 1. The van der Waals surface area contributed by atoms with Crippen molar-refractivity contribution in [3.05, 3.63) is 48.0 Å². The Morgan fingerprint density at radius 2 is 2.05 bits per heavy atom. The van der Waals surface area contributed by atoms with Gasteiger partial charge in [0, 0.05) is 11.8 Å². The number of fused-ring (bicyclic) bond motifs is 1. The highest BCUT2D eigenvalue weighted by Gasteiger charge is 2.04. The second-order valence-corrected chi connectivity index (χ2v) is 4.46. The molecule has 0 bridgehead atoms. The maximum Gasteiger partial charge on any atom is 0.205 e. The first kappa shape index (κ1) is 11.6. The SMILES string of the molecule is COc1ccc2nc(Nc3cccc(C)c3)[nH]c2c1. The zero-order valence-corrected chi connectivity index (χ0v) is 10.9. The molecule has 2 aromatic carbocycles. The summed E-state index contributed by atoms with van der Waals surface area (Å²) >= 11 is 0. The van der Waals surface area contributed by atoms with Crippen molar-refractivity contribution in [3.63, 3.8) is 0 Å². The van der Waals surface area contributed by atoms with Crippen LogP contribution in [0.4, 0.5) is 11.6 Å². The molecule has 0 unspecified atom stereocenters. The van der Waals surface area contributed by atoms with Gasteiger partial charge in [-0.2, -0.15) is 0 Å². The maximum absolute atomic E-state index is 5.20.